The van der Waals surface area contributed by atoms with Crippen LogP contribution < -0.4 is 15.9 Å². The zero-order chi connectivity index (χ0) is 16.4. The number of amides is 1. The number of nitrogens with one attached hydrogen (secondary N) is 1. The van der Waals surface area contributed by atoms with Gasteiger partial charge in [0.1, 0.15) is 5.75 Å². The first-order valence-corrected chi connectivity index (χ1v) is 8.28. The first-order chi connectivity index (χ1) is 11.1. The topological polar surface area (TPSA) is 95.1 Å². The molecule has 1 amide bonds. The standard InChI is InChI=1S/C15H19N5O2S/c1-9(14(21)17-11-5-6-11)23-15-19-18-13(20(15)16)10-3-7-12(22-2)8-4-10/h3-4,7-9,11H,5-6,16H2,1-2H3,(H,17,21). The van der Waals surface area contributed by atoms with Gasteiger partial charge in [-0.25, -0.2) is 4.68 Å². The van der Waals surface area contributed by atoms with E-state index in [4.69, 9.17) is 10.6 Å². The fourth-order valence-electron chi connectivity index (χ4n) is 2.05. The molecule has 0 aliphatic heterocycles. The number of aromatic nitrogens is 3. The Kier molecular flexibility index (Phi) is 4.42. The highest BCUT2D eigenvalue weighted by atomic mass is 32.2. The monoisotopic (exact) mass is 333 g/mol. The maximum atomic E-state index is 12.0. The Balaban J connectivity index is 1.71. The Bertz CT molecular complexity index is 696. The Labute approximate surface area is 138 Å². The summed E-state index contributed by atoms with van der Waals surface area (Å²) in [6, 6.07) is 7.75. The molecule has 3 N–H and O–H groups in total. The van der Waals surface area contributed by atoms with E-state index in [0.717, 1.165) is 24.2 Å². The minimum atomic E-state index is -0.272. The molecular weight excluding hydrogens is 314 g/mol. The average Bonchev–Trinajstić information content (AvgIpc) is 3.31. The van der Waals surface area contributed by atoms with E-state index in [0.29, 0.717) is 17.0 Å². The predicted octanol–water partition coefficient (Wildman–Crippen LogP) is 1.43. The molecule has 0 saturated heterocycles. The molecule has 1 fully saturated rings. The van der Waals surface area contributed by atoms with Gasteiger partial charge in [-0.1, -0.05) is 11.8 Å². The molecule has 0 radical (unpaired) electrons. The zero-order valence-corrected chi connectivity index (χ0v) is 13.8. The van der Waals surface area contributed by atoms with E-state index < -0.39 is 0 Å². The fourth-order valence-corrected chi connectivity index (χ4v) is 2.83. The summed E-state index contributed by atoms with van der Waals surface area (Å²) in [4.78, 5) is 12.0. The van der Waals surface area contributed by atoms with Gasteiger partial charge in [-0.3, -0.25) is 4.79 Å². The summed E-state index contributed by atoms with van der Waals surface area (Å²) in [6.07, 6.45) is 2.13. The maximum Gasteiger partial charge on any atom is 0.233 e. The van der Waals surface area contributed by atoms with Gasteiger partial charge in [0.05, 0.1) is 12.4 Å². The van der Waals surface area contributed by atoms with Gasteiger partial charge in [0, 0.05) is 11.6 Å². The van der Waals surface area contributed by atoms with Gasteiger partial charge in [-0.05, 0) is 44.0 Å². The van der Waals surface area contributed by atoms with E-state index in [1.807, 2.05) is 31.2 Å². The summed E-state index contributed by atoms with van der Waals surface area (Å²) in [5, 5.41) is 11.4. The molecule has 2 aromatic rings. The zero-order valence-electron chi connectivity index (χ0n) is 13.0. The molecule has 1 unspecified atom stereocenters. The molecule has 23 heavy (non-hydrogen) atoms. The van der Waals surface area contributed by atoms with Crippen LogP contribution in [0.2, 0.25) is 0 Å². The second-order valence-corrected chi connectivity index (χ2v) is 6.76. The van der Waals surface area contributed by atoms with Crippen molar-refractivity contribution in [3.63, 3.8) is 0 Å². The van der Waals surface area contributed by atoms with Crippen molar-refractivity contribution in [3.8, 4) is 17.1 Å². The molecule has 1 aromatic heterocycles. The van der Waals surface area contributed by atoms with E-state index in [-0.39, 0.29) is 11.2 Å². The van der Waals surface area contributed by atoms with Gasteiger partial charge in [-0.2, -0.15) is 0 Å². The smallest absolute Gasteiger partial charge is 0.233 e. The minimum absolute atomic E-state index is 0.00602. The molecule has 0 bridgehead atoms. The minimum Gasteiger partial charge on any atom is -0.497 e. The number of thioether (sulfide) groups is 1. The molecule has 1 saturated carbocycles. The molecule has 1 aliphatic carbocycles. The van der Waals surface area contributed by atoms with E-state index in [9.17, 15) is 4.79 Å². The molecule has 1 atom stereocenters. The summed E-state index contributed by atoms with van der Waals surface area (Å²) < 4.78 is 6.54. The van der Waals surface area contributed by atoms with Crippen LogP contribution in [0.25, 0.3) is 11.4 Å². The van der Waals surface area contributed by atoms with Crippen molar-refractivity contribution in [1.82, 2.24) is 20.2 Å². The molecule has 0 spiro atoms. The third-order valence-corrected chi connectivity index (χ3v) is 4.64. The van der Waals surface area contributed by atoms with Crippen LogP contribution in [-0.2, 0) is 4.79 Å². The Hall–Kier alpha value is -2.22. The van der Waals surface area contributed by atoms with E-state index >= 15 is 0 Å². The molecular formula is C15H19N5O2S. The highest BCUT2D eigenvalue weighted by molar-refractivity contribution is 8.00. The first-order valence-electron chi connectivity index (χ1n) is 7.40. The van der Waals surface area contributed by atoms with E-state index in [1.54, 1.807) is 7.11 Å². The number of nitrogens with two attached hydrogens (primary N) is 1. The van der Waals surface area contributed by atoms with E-state index in [1.165, 1.54) is 16.4 Å². The van der Waals surface area contributed by atoms with Crippen molar-refractivity contribution < 1.29 is 9.53 Å². The third kappa shape index (κ3) is 3.58. The van der Waals surface area contributed by atoms with Crippen molar-refractivity contribution in [2.45, 2.75) is 36.2 Å². The maximum absolute atomic E-state index is 12.0. The number of benzene rings is 1. The van der Waals surface area contributed by atoms with Crippen molar-refractivity contribution in [2.24, 2.45) is 0 Å². The van der Waals surface area contributed by atoms with Crippen LogP contribution in [0.3, 0.4) is 0 Å². The number of carbonyl (C=O) groups is 1. The van der Waals surface area contributed by atoms with Crippen LogP contribution in [0.5, 0.6) is 5.75 Å². The lowest BCUT2D eigenvalue weighted by Crippen LogP contribution is -2.32. The molecule has 8 heteroatoms. The highest BCUT2D eigenvalue weighted by Crippen LogP contribution is 2.27. The Morgan fingerprint density at radius 1 is 1.39 bits per heavy atom. The van der Waals surface area contributed by atoms with Gasteiger partial charge in [0.2, 0.25) is 11.1 Å². The molecule has 1 heterocycles. The number of hydrogen-bond acceptors (Lipinski definition) is 6. The summed E-state index contributed by atoms with van der Waals surface area (Å²) in [5.41, 5.74) is 0.836. The van der Waals surface area contributed by atoms with Gasteiger partial charge in [0.25, 0.3) is 0 Å². The van der Waals surface area contributed by atoms with Gasteiger partial charge < -0.3 is 15.9 Å². The fraction of sp³-hybridized carbons (Fsp3) is 0.400. The van der Waals surface area contributed by atoms with Gasteiger partial charge in [0.15, 0.2) is 5.82 Å². The van der Waals surface area contributed by atoms with Crippen LogP contribution in [-0.4, -0.2) is 39.2 Å². The number of methoxy groups -OCH3 is 1. The number of nitrogen functional groups attached to an aromatic ring is 1. The molecule has 122 valence electrons. The number of ether oxygens (including phenoxy) is 1. The number of nitrogens with zero attached hydrogens (tertiary/aromatic N) is 3. The van der Waals surface area contributed by atoms with Crippen molar-refractivity contribution in [2.75, 3.05) is 13.0 Å². The molecule has 1 aromatic carbocycles. The highest BCUT2D eigenvalue weighted by Gasteiger charge is 2.27. The van der Waals surface area contributed by atoms with Crippen LogP contribution >= 0.6 is 11.8 Å². The lowest BCUT2D eigenvalue weighted by atomic mass is 10.2. The van der Waals surface area contributed by atoms with Crippen molar-refractivity contribution in [3.05, 3.63) is 24.3 Å². The number of rotatable bonds is 6. The summed E-state index contributed by atoms with van der Waals surface area (Å²) in [5.74, 6) is 7.39. The van der Waals surface area contributed by atoms with Crippen LogP contribution in [0.1, 0.15) is 19.8 Å². The van der Waals surface area contributed by atoms with Crippen LogP contribution in [0.15, 0.2) is 29.4 Å². The third-order valence-electron chi connectivity index (χ3n) is 3.59. The largest absolute Gasteiger partial charge is 0.497 e. The molecule has 3 rings (SSSR count). The number of hydrogen-bond donors (Lipinski definition) is 2. The first kappa shape index (κ1) is 15.7. The Morgan fingerprint density at radius 2 is 2.09 bits per heavy atom. The predicted molar refractivity (Wildman–Crippen MR) is 88.6 cm³/mol. The quantitative estimate of drug-likeness (QED) is 0.613. The van der Waals surface area contributed by atoms with E-state index in [2.05, 4.69) is 15.5 Å². The molecule has 7 nitrogen and oxygen atoms in total. The average molecular weight is 333 g/mol. The van der Waals surface area contributed by atoms with Crippen molar-refractivity contribution >= 4 is 17.7 Å². The van der Waals surface area contributed by atoms with Crippen LogP contribution in [0.4, 0.5) is 0 Å². The lowest BCUT2D eigenvalue weighted by molar-refractivity contribution is -0.120. The summed E-state index contributed by atoms with van der Waals surface area (Å²) in [7, 11) is 1.61. The van der Waals surface area contributed by atoms with Crippen LogP contribution in [0, 0.1) is 0 Å². The van der Waals surface area contributed by atoms with Crippen molar-refractivity contribution in [1.29, 1.82) is 0 Å². The Morgan fingerprint density at radius 3 is 2.70 bits per heavy atom. The second kappa shape index (κ2) is 6.49. The van der Waals surface area contributed by atoms with Gasteiger partial charge >= 0.3 is 0 Å². The molecule has 1 aliphatic rings. The van der Waals surface area contributed by atoms with Gasteiger partial charge in [-0.15, -0.1) is 10.2 Å². The summed E-state index contributed by atoms with van der Waals surface area (Å²) >= 11 is 1.30. The summed E-state index contributed by atoms with van der Waals surface area (Å²) in [6.45, 7) is 1.84. The number of carbonyl (C=O) groups excluding carboxylic acids is 1. The normalized spacial score (nSPS) is 15.2. The SMILES string of the molecule is COc1ccc(-c2nnc(SC(C)C(=O)NC3CC3)n2N)cc1. The second-order valence-electron chi connectivity index (χ2n) is 5.45. The lowest BCUT2D eigenvalue weighted by Gasteiger charge is -2.10.